The first-order valence-electron chi connectivity index (χ1n) is 4.88. The molecule has 17 heavy (non-hydrogen) atoms. The molecule has 1 aromatic carbocycles. The average Bonchev–Trinajstić information content (AvgIpc) is 2.32. The number of halogens is 2. The maximum atomic E-state index is 13.5. The first-order chi connectivity index (χ1) is 8.19. The van der Waals surface area contributed by atoms with E-state index >= 15 is 0 Å². The number of nitrogens with zero attached hydrogens (tertiary/aromatic N) is 1. The van der Waals surface area contributed by atoms with Gasteiger partial charge in [-0.3, -0.25) is 0 Å². The monoisotopic (exact) mass is 253 g/mol. The summed E-state index contributed by atoms with van der Waals surface area (Å²) in [6.45, 7) is -0.210. The van der Waals surface area contributed by atoms with E-state index in [1.165, 1.54) is 24.4 Å². The first kappa shape index (κ1) is 11.8. The number of benzene rings is 1. The Morgan fingerprint density at radius 3 is 2.76 bits per heavy atom. The van der Waals surface area contributed by atoms with Gasteiger partial charge in [0.15, 0.2) is 11.6 Å². The fourth-order valence-electron chi connectivity index (χ4n) is 1.30. The second kappa shape index (κ2) is 5.12. The highest BCUT2D eigenvalue weighted by Crippen LogP contribution is 2.26. The zero-order valence-corrected chi connectivity index (χ0v) is 9.49. The minimum atomic E-state index is -0.538. The van der Waals surface area contributed by atoms with Crippen LogP contribution in [0.2, 0.25) is 5.15 Å². The average molecular weight is 254 g/mol. The minimum Gasteiger partial charge on any atom is -0.454 e. The molecule has 0 radical (unpaired) electrons. The Balaban J connectivity index is 2.24. The fourth-order valence-corrected chi connectivity index (χ4v) is 1.46. The van der Waals surface area contributed by atoms with Gasteiger partial charge in [-0.05, 0) is 23.8 Å². The Hall–Kier alpha value is -1.65. The van der Waals surface area contributed by atoms with Crippen LogP contribution in [-0.4, -0.2) is 10.1 Å². The van der Waals surface area contributed by atoms with Gasteiger partial charge < -0.3 is 9.84 Å². The summed E-state index contributed by atoms with van der Waals surface area (Å²) in [6.07, 6.45) is 1.47. The normalized spacial score (nSPS) is 10.3. The Morgan fingerprint density at radius 2 is 2.12 bits per heavy atom. The summed E-state index contributed by atoms with van der Waals surface area (Å²) in [5.41, 5.74) is 0.489. The number of aromatic nitrogens is 1. The maximum Gasteiger partial charge on any atom is 0.166 e. The molecule has 5 heteroatoms. The lowest BCUT2D eigenvalue weighted by Gasteiger charge is -2.07. The van der Waals surface area contributed by atoms with Crippen molar-refractivity contribution in [2.45, 2.75) is 6.61 Å². The number of aliphatic hydroxyl groups excluding tert-OH is 1. The molecule has 88 valence electrons. The summed E-state index contributed by atoms with van der Waals surface area (Å²) in [6, 6.07) is 7.32. The van der Waals surface area contributed by atoms with Crippen LogP contribution in [0.1, 0.15) is 5.56 Å². The molecule has 0 atom stereocenters. The highest BCUT2D eigenvalue weighted by atomic mass is 35.5. The predicted molar refractivity (Wildman–Crippen MR) is 61.6 cm³/mol. The summed E-state index contributed by atoms with van der Waals surface area (Å²) in [5.74, 6) is -0.0606. The summed E-state index contributed by atoms with van der Waals surface area (Å²) in [7, 11) is 0. The van der Waals surface area contributed by atoms with E-state index in [1.807, 2.05) is 0 Å². The molecule has 1 N–H and O–H groups in total. The molecule has 0 saturated heterocycles. The Kier molecular flexibility index (Phi) is 3.56. The molecular weight excluding hydrogens is 245 g/mol. The van der Waals surface area contributed by atoms with Gasteiger partial charge in [-0.2, -0.15) is 0 Å². The van der Waals surface area contributed by atoms with Gasteiger partial charge in [-0.1, -0.05) is 17.7 Å². The summed E-state index contributed by atoms with van der Waals surface area (Å²) in [4.78, 5) is 3.79. The van der Waals surface area contributed by atoms with Crippen LogP contribution in [0.25, 0.3) is 0 Å². The van der Waals surface area contributed by atoms with E-state index in [0.29, 0.717) is 11.3 Å². The van der Waals surface area contributed by atoms with Gasteiger partial charge in [0.1, 0.15) is 10.9 Å². The van der Waals surface area contributed by atoms with E-state index in [0.717, 1.165) is 0 Å². The lowest BCUT2D eigenvalue weighted by molar-refractivity contribution is 0.281. The lowest BCUT2D eigenvalue weighted by atomic mass is 10.2. The van der Waals surface area contributed by atoms with Gasteiger partial charge in [0.05, 0.1) is 6.61 Å². The van der Waals surface area contributed by atoms with Gasteiger partial charge in [-0.25, -0.2) is 9.37 Å². The van der Waals surface area contributed by atoms with Crippen LogP contribution in [0.3, 0.4) is 0 Å². The molecule has 0 aliphatic carbocycles. The van der Waals surface area contributed by atoms with Crippen molar-refractivity contribution in [1.82, 2.24) is 4.98 Å². The van der Waals surface area contributed by atoms with E-state index < -0.39 is 5.82 Å². The summed E-state index contributed by atoms with van der Waals surface area (Å²) >= 11 is 5.68. The smallest absolute Gasteiger partial charge is 0.166 e. The van der Waals surface area contributed by atoms with Crippen LogP contribution in [0, 0.1) is 5.82 Å². The van der Waals surface area contributed by atoms with Crippen molar-refractivity contribution >= 4 is 11.6 Å². The zero-order chi connectivity index (χ0) is 12.3. The fraction of sp³-hybridized carbons (Fsp3) is 0.0833. The molecule has 0 aliphatic rings. The third-order valence-electron chi connectivity index (χ3n) is 2.10. The van der Waals surface area contributed by atoms with Gasteiger partial charge in [0, 0.05) is 12.3 Å². The molecule has 1 heterocycles. The number of rotatable bonds is 3. The van der Waals surface area contributed by atoms with Crippen molar-refractivity contribution in [3.8, 4) is 11.5 Å². The quantitative estimate of drug-likeness (QED) is 0.855. The molecule has 0 unspecified atom stereocenters. The molecule has 2 rings (SSSR count). The van der Waals surface area contributed by atoms with Crippen LogP contribution in [0.4, 0.5) is 4.39 Å². The van der Waals surface area contributed by atoms with Crippen molar-refractivity contribution in [1.29, 1.82) is 0 Å². The molecule has 3 nitrogen and oxygen atoms in total. The SMILES string of the molecule is OCc1ccc(Oc2ccnc(Cl)c2)c(F)c1. The molecule has 0 fully saturated rings. The lowest BCUT2D eigenvalue weighted by Crippen LogP contribution is -1.91. The molecule has 2 aromatic rings. The summed E-state index contributed by atoms with van der Waals surface area (Å²) < 4.78 is 18.8. The molecule has 0 saturated carbocycles. The molecular formula is C12H9ClFNO2. The first-order valence-corrected chi connectivity index (χ1v) is 5.25. The van der Waals surface area contributed by atoms with Crippen molar-refractivity contribution in [3.05, 3.63) is 53.1 Å². The van der Waals surface area contributed by atoms with E-state index in [1.54, 1.807) is 12.1 Å². The van der Waals surface area contributed by atoms with E-state index in [-0.39, 0.29) is 17.5 Å². The number of hydrogen-bond acceptors (Lipinski definition) is 3. The Labute approximate surface area is 102 Å². The van der Waals surface area contributed by atoms with E-state index in [2.05, 4.69) is 4.98 Å². The topological polar surface area (TPSA) is 42.4 Å². The summed E-state index contributed by atoms with van der Waals surface area (Å²) in [5, 5.41) is 9.12. The second-order valence-corrected chi connectivity index (χ2v) is 3.73. The van der Waals surface area contributed by atoms with Gasteiger partial charge in [0.2, 0.25) is 0 Å². The largest absolute Gasteiger partial charge is 0.454 e. The van der Waals surface area contributed by atoms with Crippen LogP contribution >= 0.6 is 11.6 Å². The third kappa shape index (κ3) is 2.93. The van der Waals surface area contributed by atoms with Crippen molar-refractivity contribution < 1.29 is 14.2 Å². The standard InChI is InChI=1S/C12H9ClFNO2/c13-12-6-9(3-4-15-12)17-11-2-1-8(7-16)5-10(11)14/h1-6,16H,7H2. The molecule has 0 amide bonds. The van der Waals surface area contributed by atoms with E-state index in [9.17, 15) is 4.39 Å². The Morgan fingerprint density at radius 1 is 1.29 bits per heavy atom. The molecule has 0 bridgehead atoms. The maximum absolute atomic E-state index is 13.5. The number of pyridine rings is 1. The number of ether oxygens (including phenoxy) is 1. The number of aliphatic hydroxyl groups is 1. The van der Waals surface area contributed by atoms with Crippen molar-refractivity contribution in [3.63, 3.8) is 0 Å². The molecule has 0 aliphatic heterocycles. The van der Waals surface area contributed by atoms with E-state index in [4.69, 9.17) is 21.4 Å². The van der Waals surface area contributed by atoms with Crippen molar-refractivity contribution in [2.24, 2.45) is 0 Å². The highest BCUT2D eigenvalue weighted by Gasteiger charge is 2.06. The second-order valence-electron chi connectivity index (χ2n) is 3.34. The predicted octanol–water partition coefficient (Wildman–Crippen LogP) is 3.16. The highest BCUT2D eigenvalue weighted by molar-refractivity contribution is 6.29. The van der Waals surface area contributed by atoms with Crippen LogP contribution in [0.15, 0.2) is 36.5 Å². The minimum absolute atomic E-state index is 0.0736. The van der Waals surface area contributed by atoms with Crippen LogP contribution in [-0.2, 0) is 6.61 Å². The number of hydrogen-bond donors (Lipinski definition) is 1. The molecule has 0 spiro atoms. The van der Waals surface area contributed by atoms with Gasteiger partial charge in [-0.15, -0.1) is 0 Å². The molecule has 1 aromatic heterocycles. The van der Waals surface area contributed by atoms with Crippen LogP contribution < -0.4 is 4.74 Å². The van der Waals surface area contributed by atoms with Crippen molar-refractivity contribution in [2.75, 3.05) is 0 Å². The van der Waals surface area contributed by atoms with Gasteiger partial charge >= 0.3 is 0 Å². The van der Waals surface area contributed by atoms with Crippen LogP contribution in [0.5, 0.6) is 11.5 Å². The third-order valence-corrected chi connectivity index (χ3v) is 2.31. The van der Waals surface area contributed by atoms with Gasteiger partial charge in [0.25, 0.3) is 0 Å². The Bertz CT molecular complexity index is 534. The zero-order valence-electron chi connectivity index (χ0n) is 8.73.